The Morgan fingerprint density at radius 1 is 1.35 bits per heavy atom. The molecule has 0 heterocycles. The standard InChI is InChI=1S/C14H21N3O3/c1-3-16-12-5-4-11(8-10(12)2)14(19)17-6-7-20-9-13(15)18/h4-5,8,16H,3,6-7,9H2,1-2H3,(H2,15,18)(H,17,19). The molecule has 6 heteroatoms. The Morgan fingerprint density at radius 2 is 2.10 bits per heavy atom. The summed E-state index contributed by atoms with van der Waals surface area (Å²) in [5.41, 5.74) is 7.56. The number of carbonyl (C=O) groups excluding carboxylic acids is 2. The first-order valence-corrected chi connectivity index (χ1v) is 6.53. The van der Waals surface area contributed by atoms with Gasteiger partial charge in [-0.15, -0.1) is 0 Å². The van der Waals surface area contributed by atoms with E-state index in [1.807, 2.05) is 26.0 Å². The van der Waals surface area contributed by atoms with Gasteiger partial charge >= 0.3 is 0 Å². The number of hydrogen-bond donors (Lipinski definition) is 3. The fourth-order valence-corrected chi connectivity index (χ4v) is 1.71. The van der Waals surface area contributed by atoms with Gasteiger partial charge in [-0.3, -0.25) is 9.59 Å². The number of hydrogen-bond acceptors (Lipinski definition) is 4. The summed E-state index contributed by atoms with van der Waals surface area (Å²) in [4.78, 5) is 22.3. The molecule has 4 N–H and O–H groups in total. The Kier molecular flexibility index (Phi) is 6.52. The Labute approximate surface area is 118 Å². The Balaban J connectivity index is 2.43. The van der Waals surface area contributed by atoms with Crippen LogP contribution in [0.25, 0.3) is 0 Å². The zero-order chi connectivity index (χ0) is 15.0. The van der Waals surface area contributed by atoms with Gasteiger partial charge in [0.2, 0.25) is 5.91 Å². The van der Waals surface area contributed by atoms with Gasteiger partial charge in [-0.25, -0.2) is 0 Å². The normalized spacial score (nSPS) is 10.1. The molecular weight excluding hydrogens is 258 g/mol. The first kappa shape index (κ1) is 16.0. The molecule has 0 fully saturated rings. The molecular formula is C14H21N3O3. The number of ether oxygens (including phenoxy) is 1. The molecule has 6 nitrogen and oxygen atoms in total. The first-order valence-electron chi connectivity index (χ1n) is 6.53. The Hall–Kier alpha value is -2.08. The molecule has 1 aromatic rings. The van der Waals surface area contributed by atoms with Gasteiger partial charge < -0.3 is 21.1 Å². The highest BCUT2D eigenvalue weighted by Crippen LogP contribution is 2.16. The molecule has 1 rings (SSSR count). The number of benzene rings is 1. The van der Waals surface area contributed by atoms with Crippen molar-refractivity contribution in [2.24, 2.45) is 5.73 Å². The van der Waals surface area contributed by atoms with Crippen molar-refractivity contribution >= 4 is 17.5 Å². The highest BCUT2D eigenvalue weighted by molar-refractivity contribution is 5.94. The van der Waals surface area contributed by atoms with Crippen molar-refractivity contribution in [3.8, 4) is 0 Å². The van der Waals surface area contributed by atoms with Crippen molar-refractivity contribution in [1.29, 1.82) is 0 Å². The quantitative estimate of drug-likeness (QED) is 0.609. The van der Waals surface area contributed by atoms with Crippen LogP contribution in [0.15, 0.2) is 18.2 Å². The molecule has 0 bridgehead atoms. The van der Waals surface area contributed by atoms with E-state index < -0.39 is 5.91 Å². The number of primary amides is 1. The zero-order valence-corrected chi connectivity index (χ0v) is 11.9. The second kappa shape index (κ2) is 8.16. The molecule has 0 aliphatic rings. The summed E-state index contributed by atoms with van der Waals surface area (Å²) in [6, 6.07) is 5.49. The van der Waals surface area contributed by atoms with Gasteiger partial charge in [-0.05, 0) is 37.6 Å². The van der Waals surface area contributed by atoms with Crippen LogP contribution in [-0.2, 0) is 9.53 Å². The Morgan fingerprint density at radius 3 is 2.70 bits per heavy atom. The topological polar surface area (TPSA) is 93.4 Å². The van der Waals surface area contributed by atoms with Crippen LogP contribution in [-0.4, -0.2) is 38.1 Å². The average Bonchev–Trinajstić information content (AvgIpc) is 2.40. The third-order valence-electron chi connectivity index (χ3n) is 2.63. The molecule has 0 aliphatic heterocycles. The lowest BCUT2D eigenvalue weighted by Gasteiger charge is -2.10. The van der Waals surface area contributed by atoms with Crippen molar-refractivity contribution < 1.29 is 14.3 Å². The van der Waals surface area contributed by atoms with Gasteiger partial charge in [-0.1, -0.05) is 0 Å². The molecule has 2 amide bonds. The van der Waals surface area contributed by atoms with Crippen molar-refractivity contribution in [2.75, 3.05) is 31.6 Å². The van der Waals surface area contributed by atoms with E-state index in [0.717, 1.165) is 17.8 Å². The summed E-state index contributed by atoms with van der Waals surface area (Å²) in [5, 5.41) is 5.93. The minimum atomic E-state index is -0.522. The van der Waals surface area contributed by atoms with Crippen LogP contribution >= 0.6 is 0 Å². The van der Waals surface area contributed by atoms with Crippen LogP contribution < -0.4 is 16.4 Å². The number of nitrogens with one attached hydrogen (secondary N) is 2. The maximum absolute atomic E-state index is 11.9. The molecule has 0 radical (unpaired) electrons. The van der Waals surface area contributed by atoms with Gasteiger partial charge in [0.15, 0.2) is 0 Å². The number of amides is 2. The van der Waals surface area contributed by atoms with Crippen LogP contribution in [0.1, 0.15) is 22.8 Å². The predicted octanol–water partition coefficient (Wildman–Crippen LogP) is 0.659. The summed E-state index contributed by atoms with van der Waals surface area (Å²) in [7, 11) is 0. The number of aryl methyl sites for hydroxylation is 1. The minimum Gasteiger partial charge on any atom is -0.385 e. The fraction of sp³-hybridized carbons (Fsp3) is 0.429. The van der Waals surface area contributed by atoms with E-state index >= 15 is 0 Å². The van der Waals surface area contributed by atoms with Crippen molar-refractivity contribution in [1.82, 2.24) is 5.32 Å². The zero-order valence-electron chi connectivity index (χ0n) is 11.9. The summed E-state index contributed by atoms with van der Waals surface area (Å²) >= 11 is 0. The van der Waals surface area contributed by atoms with Crippen LogP contribution in [0, 0.1) is 6.92 Å². The second-order valence-electron chi connectivity index (χ2n) is 4.33. The van der Waals surface area contributed by atoms with E-state index in [1.54, 1.807) is 6.07 Å². The van der Waals surface area contributed by atoms with Crippen molar-refractivity contribution in [3.63, 3.8) is 0 Å². The van der Waals surface area contributed by atoms with Gasteiger partial charge in [0.05, 0.1) is 6.61 Å². The van der Waals surface area contributed by atoms with E-state index in [0.29, 0.717) is 12.1 Å². The number of carbonyl (C=O) groups is 2. The lowest BCUT2D eigenvalue weighted by molar-refractivity contribution is -0.122. The molecule has 0 atom stereocenters. The van der Waals surface area contributed by atoms with Gasteiger partial charge in [0, 0.05) is 24.3 Å². The summed E-state index contributed by atoms with van der Waals surface area (Å²) in [5.74, 6) is -0.690. The van der Waals surface area contributed by atoms with Gasteiger partial charge in [0.1, 0.15) is 6.61 Å². The van der Waals surface area contributed by atoms with Crippen LogP contribution in [0.5, 0.6) is 0 Å². The van der Waals surface area contributed by atoms with E-state index in [2.05, 4.69) is 10.6 Å². The van der Waals surface area contributed by atoms with E-state index in [1.165, 1.54) is 0 Å². The minimum absolute atomic E-state index is 0.133. The molecule has 0 aliphatic carbocycles. The maximum Gasteiger partial charge on any atom is 0.251 e. The summed E-state index contributed by atoms with van der Waals surface area (Å²) < 4.78 is 4.96. The highest BCUT2D eigenvalue weighted by atomic mass is 16.5. The second-order valence-corrected chi connectivity index (χ2v) is 4.33. The SMILES string of the molecule is CCNc1ccc(C(=O)NCCOCC(N)=O)cc1C. The third-order valence-corrected chi connectivity index (χ3v) is 2.63. The number of rotatable bonds is 8. The van der Waals surface area contributed by atoms with Gasteiger partial charge in [0.25, 0.3) is 5.91 Å². The Bertz CT molecular complexity index is 475. The lowest BCUT2D eigenvalue weighted by atomic mass is 10.1. The van der Waals surface area contributed by atoms with Crippen molar-refractivity contribution in [3.05, 3.63) is 29.3 Å². The van der Waals surface area contributed by atoms with Gasteiger partial charge in [-0.2, -0.15) is 0 Å². The van der Waals surface area contributed by atoms with E-state index in [-0.39, 0.29) is 19.1 Å². The summed E-state index contributed by atoms with van der Waals surface area (Å²) in [6.45, 7) is 5.26. The largest absolute Gasteiger partial charge is 0.385 e. The molecule has 20 heavy (non-hydrogen) atoms. The van der Waals surface area contributed by atoms with Crippen LogP contribution in [0.3, 0.4) is 0 Å². The van der Waals surface area contributed by atoms with E-state index in [9.17, 15) is 9.59 Å². The molecule has 0 saturated heterocycles. The smallest absolute Gasteiger partial charge is 0.251 e. The number of anilines is 1. The van der Waals surface area contributed by atoms with E-state index in [4.69, 9.17) is 10.5 Å². The molecule has 110 valence electrons. The monoisotopic (exact) mass is 279 g/mol. The lowest BCUT2D eigenvalue weighted by Crippen LogP contribution is -2.28. The molecule has 0 aromatic heterocycles. The maximum atomic E-state index is 11.9. The highest BCUT2D eigenvalue weighted by Gasteiger charge is 2.07. The third kappa shape index (κ3) is 5.27. The first-order chi connectivity index (χ1) is 9.54. The van der Waals surface area contributed by atoms with Crippen molar-refractivity contribution in [2.45, 2.75) is 13.8 Å². The fourth-order valence-electron chi connectivity index (χ4n) is 1.71. The summed E-state index contributed by atoms with van der Waals surface area (Å²) in [6.07, 6.45) is 0. The molecule has 0 saturated carbocycles. The predicted molar refractivity (Wildman–Crippen MR) is 77.7 cm³/mol. The number of nitrogens with two attached hydrogens (primary N) is 1. The van der Waals surface area contributed by atoms with Crippen LogP contribution in [0.2, 0.25) is 0 Å². The average molecular weight is 279 g/mol. The molecule has 0 unspecified atom stereocenters. The molecule has 0 spiro atoms. The molecule has 1 aromatic carbocycles. The van der Waals surface area contributed by atoms with Crippen LogP contribution in [0.4, 0.5) is 5.69 Å².